The second-order valence-electron chi connectivity index (χ2n) is 8.36. The molecule has 0 radical (unpaired) electrons. The molecule has 4 rings (SSSR count). The van der Waals surface area contributed by atoms with Crippen molar-refractivity contribution in [3.8, 4) is 0 Å². The first-order valence-corrected chi connectivity index (χ1v) is 11.6. The molecular weight excluding hydrogens is 402 g/mol. The number of hydrogen-bond acceptors (Lipinski definition) is 6. The third-order valence-corrected chi connectivity index (χ3v) is 6.31. The number of benzene rings is 1. The van der Waals surface area contributed by atoms with E-state index >= 15 is 0 Å². The van der Waals surface area contributed by atoms with E-state index < -0.39 is 0 Å². The summed E-state index contributed by atoms with van der Waals surface area (Å²) in [4.78, 5) is 26.1. The van der Waals surface area contributed by atoms with Crippen molar-refractivity contribution < 1.29 is 4.79 Å². The second-order valence-corrected chi connectivity index (χ2v) is 8.36. The van der Waals surface area contributed by atoms with E-state index in [1.807, 2.05) is 10.9 Å². The minimum atomic E-state index is 0.0823. The number of aromatic nitrogens is 4. The molecule has 1 amide bonds. The van der Waals surface area contributed by atoms with Crippen molar-refractivity contribution in [2.24, 2.45) is 5.92 Å². The van der Waals surface area contributed by atoms with Gasteiger partial charge in [0.25, 0.3) is 0 Å². The van der Waals surface area contributed by atoms with Crippen molar-refractivity contribution in [3.63, 3.8) is 0 Å². The highest BCUT2D eigenvalue weighted by Gasteiger charge is 2.21. The van der Waals surface area contributed by atoms with Gasteiger partial charge in [0, 0.05) is 45.2 Å². The molecule has 8 nitrogen and oxygen atoms in total. The molecule has 170 valence electrons. The molecule has 0 saturated carbocycles. The van der Waals surface area contributed by atoms with Gasteiger partial charge in [-0.15, -0.1) is 0 Å². The molecule has 1 aromatic carbocycles. The zero-order valence-corrected chi connectivity index (χ0v) is 19.1. The summed E-state index contributed by atoms with van der Waals surface area (Å²) in [6.45, 7) is 10.1. The summed E-state index contributed by atoms with van der Waals surface area (Å²) in [5.41, 5.74) is 2.17. The van der Waals surface area contributed by atoms with Gasteiger partial charge >= 0.3 is 0 Å². The molecule has 32 heavy (non-hydrogen) atoms. The zero-order chi connectivity index (χ0) is 22.3. The first-order chi connectivity index (χ1) is 15.7. The summed E-state index contributed by atoms with van der Waals surface area (Å²) in [6, 6.07) is 10.6. The van der Waals surface area contributed by atoms with Gasteiger partial charge in [-0.2, -0.15) is 5.10 Å². The smallest absolute Gasteiger partial charge is 0.223 e. The van der Waals surface area contributed by atoms with Crippen molar-refractivity contribution in [1.29, 1.82) is 0 Å². The standard InChI is InChI=1S/C24H33N7O/c1-3-20(4-2)24(32)25-10-11-31-23-21(16-28-31)22(26-18-27-23)30-14-12-29(13-15-30)17-19-8-6-5-7-9-19/h5-9,16,18,20H,3-4,10-15,17H2,1-2H3,(H,25,32). The number of carbonyl (C=O) groups excluding carboxylic acids is 1. The van der Waals surface area contributed by atoms with Crippen LogP contribution >= 0.6 is 0 Å². The quantitative estimate of drug-likeness (QED) is 0.557. The maximum atomic E-state index is 12.2. The highest BCUT2D eigenvalue weighted by atomic mass is 16.1. The van der Waals surface area contributed by atoms with Crippen LogP contribution in [0.3, 0.4) is 0 Å². The number of rotatable bonds is 9. The average molecular weight is 436 g/mol. The van der Waals surface area contributed by atoms with Crippen molar-refractivity contribution in [1.82, 2.24) is 30.0 Å². The molecule has 1 fully saturated rings. The van der Waals surface area contributed by atoms with Gasteiger partial charge in [0.05, 0.1) is 18.1 Å². The maximum absolute atomic E-state index is 12.2. The van der Waals surface area contributed by atoms with E-state index in [1.165, 1.54) is 5.56 Å². The summed E-state index contributed by atoms with van der Waals surface area (Å²) in [5.74, 6) is 1.15. The van der Waals surface area contributed by atoms with Crippen LogP contribution in [0.2, 0.25) is 0 Å². The number of nitrogens with one attached hydrogen (secondary N) is 1. The Morgan fingerprint density at radius 3 is 2.53 bits per heavy atom. The normalized spacial score (nSPS) is 14.9. The van der Waals surface area contributed by atoms with E-state index in [1.54, 1.807) is 6.33 Å². The third-order valence-electron chi connectivity index (χ3n) is 6.31. The fourth-order valence-corrected chi connectivity index (χ4v) is 4.34. The largest absolute Gasteiger partial charge is 0.354 e. The highest BCUT2D eigenvalue weighted by Crippen LogP contribution is 2.24. The molecule has 1 aliphatic heterocycles. The third kappa shape index (κ3) is 5.07. The first kappa shape index (κ1) is 22.2. The lowest BCUT2D eigenvalue weighted by Gasteiger charge is -2.35. The minimum Gasteiger partial charge on any atom is -0.354 e. The minimum absolute atomic E-state index is 0.0823. The van der Waals surface area contributed by atoms with Gasteiger partial charge in [-0.25, -0.2) is 14.6 Å². The van der Waals surface area contributed by atoms with Crippen molar-refractivity contribution in [2.45, 2.75) is 39.8 Å². The van der Waals surface area contributed by atoms with Gasteiger partial charge < -0.3 is 10.2 Å². The van der Waals surface area contributed by atoms with E-state index in [2.05, 4.69) is 74.4 Å². The topological polar surface area (TPSA) is 79.2 Å². The van der Waals surface area contributed by atoms with Gasteiger partial charge in [0.2, 0.25) is 5.91 Å². The Morgan fingerprint density at radius 1 is 1.06 bits per heavy atom. The number of amides is 1. The van der Waals surface area contributed by atoms with Crippen molar-refractivity contribution in [3.05, 3.63) is 48.4 Å². The molecule has 8 heteroatoms. The summed E-state index contributed by atoms with van der Waals surface area (Å²) >= 11 is 0. The van der Waals surface area contributed by atoms with Crippen LogP contribution in [-0.4, -0.2) is 63.3 Å². The van der Waals surface area contributed by atoms with Gasteiger partial charge in [-0.05, 0) is 18.4 Å². The van der Waals surface area contributed by atoms with Crippen molar-refractivity contribution in [2.75, 3.05) is 37.6 Å². The van der Waals surface area contributed by atoms with Crippen LogP contribution < -0.4 is 10.2 Å². The van der Waals surface area contributed by atoms with E-state index in [-0.39, 0.29) is 11.8 Å². The molecule has 3 heterocycles. The maximum Gasteiger partial charge on any atom is 0.223 e. The molecule has 1 saturated heterocycles. The molecule has 0 aliphatic carbocycles. The summed E-state index contributed by atoms with van der Waals surface area (Å²) < 4.78 is 1.86. The zero-order valence-electron chi connectivity index (χ0n) is 19.1. The molecule has 1 N–H and O–H groups in total. The molecule has 0 unspecified atom stereocenters. The lowest BCUT2D eigenvalue weighted by molar-refractivity contribution is -0.125. The Balaban J connectivity index is 1.36. The van der Waals surface area contributed by atoms with Crippen LogP contribution in [0.5, 0.6) is 0 Å². The number of carbonyl (C=O) groups is 1. The van der Waals surface area contributed by atoms with Gasteiger partial charge in [-0.3, -0.25) is 9.69 Å². The summed E-state index contributed by atoms with van der Waals surface area (Å²) in [5, 5.41) is 8.53. The number of piperazine rings is 1. The highest BCUT2D eigenvalue weighted by molar-refractivity contribution is 5.86. The molecule has 1 aliphatic rings. The molecule has 2 aromatic heterocycles. The SMILES string of the molecule is CCC(CC)C(=O)NCCn1ncc2c(N3CCN(Cc4ccccc4)CC3)ncnc21. The van der Waals surface area contributed by atoms with E-state index in [4.69, 9.17) is 0 Å². The fraction of sp³-hybridized carbons (Fsp3) is 0.500. The molecule has 0 spiro atoms. The lowest BCUT2D eigenvalue weighted by atomic mass is 10.0. The predicted molar refractivity (Wildman–Crippen MR) is 126 cm³/mol. The second kappa shape index (κ2) is 10.5. The van der Waals surface area contributed by atoms with Gasteiger partial charge in [-0.1, -0.05) is 44.2 Å². The van der Waals surface area contributed by atoms with E-state index in [9.17, 15) is 4.79 Å². The molecule has 3 aromatic rings. The molecule has 0 bridgehead atoms. The Morgan fingerprint density at radius 2 is 1.81 bits per heavy atom. The van der Waals surface area contributed by atoms with Gasteiger partial charge in [0.1, 0.15) is 12.1 Å². The van der Waals surface area contributed by atoms with Crippen LogP contribution in [0, 0.1) is 5.92 Å². The Hall–Kier alpha value is -3.00. The van der Waals surface area contributed by atoms with Crippen LogP contribution in [0.25, 0.3) is 11.0 Å². The predicted octanol–water partition coefficient (Wildman–Crippen LogP) is 2.70. The van der Waals surface area contributed by atoms with Gasteiger partial charge in [0.15, 0.2) is 5.65 Å². The number of fused-ring (bicyclic) bond motifs is 1. The van der Waals surface area contributed by atoms with Crippen LogP contribution in [0.1, 0.15) is 32.3 Å². The molecule has 0 atom stereocenters. The Bertz CT molecular complexity index is 1010. The van der Waals surface area contributed by atoms with Crippen LogP contribution in [-0.2, 0) is 17.9 Å². The number of anilines is 1. The summed E-state index contributed by atoms with van der Waals surface area (Å²) in [7, 11) is 0. The Labute approximate surface area is 189 Å². The van der Waals surface area contributed by atoms with Crippen molar-refractivity contribution >= 4 is 22.8 Å². The lowest BCUT2D eigenvalue weighted by Crippen LogP contribution is -2.46. The first-order valence-electron chi connectivity index (χ1n) is 11.6. The number of hydrogen-bond donors (Lipinski definition) is 1. The Kier molecular flexibility index (Phi) is 7.32. The number of nitrogens with zero attached hydrogens (tertiary/aromatic N) is 6. The van der Waals surface area contributed by atoms with E-state index in [0.717, 1.165) is 62.4 Å². The fourth-order valence-electron chi connectivity index (χ4n) is 4.34. The summed E-state index contributed by atoms with van der Waals surface area (Å²) in [6.07, 6.45) is 5.20. The molecular formula is C24H33N7O. The van der Waals surface area contributed by atoms with Crippen LogP contribution in [0.4, 0.5) is 5.82 Å². The monoisotopic (exact) mass is 435 g/mol. The van der Waals surface area contributed by atoms with E-state index in [0.29, 0.717) is 13.1 Å². The average Bonchev–Trinajstić information content (AvgIpc) is 3.24. The van der Waals surface area contributed by atoms with Crippen LogP contribution in [0.15, 0.2) is 42.9 Å².